The first-order valence-corrected chi connectivity index (χ1v) is 7.15. The monoisotopic (exact) mass is 314 g/mol. The van der Waals surface area contributed by atoms with Gasteiger partial charge in [0.2, 0.25) is 0 Å². The Kier molecular flexibility index (Phi) is 4.62. The van der Waals surface area contributed by atoms with Crippen molar-refractivity contribution in [1.82, 2.24) is 0 Å². The van der Waals surface area contributed by atoms with Crippen molar-refractivity contribution in [3.05, 3.63) is 11.3 Å². The van der Waals surface area contributed by atoms with Crippen LogP contribution in [0, 0.1) is 5.92 Å². The second-order valence-electron chi connectivity index (χ2n) is 4.43. The molecule has 0 radical (unpaired) electrons. The van der Waals surface area contributed by atoms with E-state index in [1.165, 1.54) is 6.92 Å². The molecule has 0 bridgehead atoms. The standard InChI is InChI=1S/C11H13F3O5S/c1-6(7(2)15)10-8(16)4-3-5-9(10)19-20(17,18)11(12,13)14/h6H,3-5H2,1-2H3. The molecule has 0 heterocycles. The summed E-state index contributed by atoms with van der Waals surface area (Å²) in [5, 5.41) is 0. The van der Waals surface area contributed by atoms with E-state index in [0.29, 0.717) is 0 Å². The van der Waals surface area contributed by atoms with E-state index in [-0.39, 0.29) is 24.8 Å². The molecule has 0 spiro atoms. The minimum absolute atomic E-state index is 0.0475. The lowest BCUT2D eigenvalue weighted by Crippen LogP contribution is -2.29. The number of hydrogen-bond donors (Lipinski definition) is 0. The first-order valence-electron chi connectivity index (χ1n) is 5.75. The number of halogens is 3. The fraction of sp³-hybridized carbons (Fsp3) is 0.636. The summed E-state index contributed by atoms with van der Waals surface area (Å²) in [5.74, 6) is -2.60. The summed E-state index contributed by atoms with van der Waals surface area (Å²) >= 11 is 0. The lowest BCUT2D eigenvalue weighted by atomic mass is 9.86. The topological polar surface area (TPSA) is 77.5 Å². The van der Waals surface area contributed by atoms with Gasteiger partial charge in [-0.25, -0.2) is 0 Å². The van der Waals surface area contributed by atoms with E-state index in [1.807, 2.05) is 0 Å². The van der Waals surface area contributed by atoms with Crippen LogP contribution < -0.4 is 0 Å². The fourth-order valence-corrected chi connectivity index (χ4v) is 2.32. The number of carbonyl (C=O) groups excluding carboxylic acids is 2. The molecule has 1 unspecified atom stereocenters. The molecular formula is C11H13F3O5S. The maximum absolute atomic E-state index is 12.3. The summed E-state index contributed by atoms with van der Waals surface area (Å²) in [6.45, 7) is 2.49. The Bertz CT molecular complexity index is 559. The zero-order valence-corrected chi connectivity index (χ0v) is 11.6. The highest BCUT2D eigenvalue weighted by molar-refractivity contribution is 7.87. The number of ketones is 2. The van der Waals surface area contributed by atoms with Crippen LogP contribution in [0.25, 0.3) is 0 Å². The molecule has 0 amide bonds. The molecule has 1 aliphatic carbocycles. The quantitative estimate of drug-likeness (QED) is 0.586. The molecule has 0 aromatic rings. The summed E-state index contributed by atoms with van der Waals surface area (Å²) in [4.78, 5) is 23.0. The Balaban J connectivity index is 3.26. The highest BCUT2D eigenvalue weighted by Gasteiger charge is 2.49. The van der Waals surface area contributed by atoms with Gasteiger partial charge in [-0.2, -0.15) is 21.6 Å². The Morgan fingerprint density at radius 2 is 1.85 bits per heavy atom. The van der Waals surface area contributed by atoms with Crippen molar-refractivity contribution in [3.63, 3.8) is 0 Å². The van der Waals surface area contributed by atoms with Gasteiger partial charge in [-0.15, -0.1) is 0 Å². The van der Waals surface area contributed by atoms with E-state index in [2.05, 4.69) is 4.18 Å². The van der Waals surface area contributed by atoms with Crippen LogP contribution >= 0.6 is 0 Å². The van der Waals surface area contributed by atoms with E-state index in [0.717, 1.165) is 6.92 Å². The molecule has 1 rings (SSSR count). The predicted octanol–water partition coefficient (Wildman–Crippen LogP) is 2.08. The average molecular weight is 314 g/mol. The second-order valence-corrected chi connectivity index (χ2v) is 5.97. The molecule has 20 heavy (non-hydrogen) atoms. The second kappa shape index (κ2) is 5.55. The minimum Gasteiger partial charge on any atom is -0.380 e. The van der Waals surface area contributed by atoms with E-state index < -0.39 is 38.9 Å². The number of alkyl halides is 3. The SMILES string of the molecule is CC(=O)C(C)C1=C(OS(=O)(=O)C(F)(F)F)CCCC1=O. The molecule has 0 saturated heterocycles. The van der Waals surface area contributed by atoms with Gasteiger partial charge in [0, 0.05) is 24.3 Å². The van der Waals surface area contributed by atoms with Gasteiger partial charge in [-0.1, -0.05) is 6.92 Å². The largest absolute Gasteiger partial charge is 0.534 e. The van der Waals surface area contributed by atoms with Crippen LogP contribution in [-0.2, 0) is 23.9 Å². The molecule has 5 nitrogen and oxygen atoms in total. The van der Waals surface area contributed by atoms with Gasteiger partial charge in [0.25, 0.3) is 0 Å². The smallest absolute Gasteiger partial charge is 0.380 e. The van der Waals surface area contributed by atoms with Crippen molar-refractivity contribution >= 4 is 21.7 Å². The first kappa shape index (κ1) is 16.7. The van der Waals surface area contributed by atoms with Crippen LogP contribution in [-0.4, -0.2) is 25.5 Å². The predicted molar refractivity (Wildman–Crippen MR) is 61.8 cm³/mol. The zero-order chi connectivity index (χ0) is 15.7. The number of carbonyl (C=O) groups is 2. The molecule has 0 fully saturated rings. The summed E-state index contributed by atoms with van der Waals surface area (Å²) < 4.78 is 62.9. The average Bonchev–Trinajstić information content (AvgIpc) is 2.26. The summed E-state index contributed by atoms with van der Waals surface area (Å²) in [6, 6.07) is 0. The molecule has 9 heteroatoms. The maximum Gasteiger partial charge on any atom is 0.534 e. The van der Waals surface area contributed by atoms with Crippen molar-refractivity contribution in [3.8, 4) is 0 Å². The van der Waals surface area contributed by atoms with Crippen molar-refractivity contribution in [2.24, 2.45) is 5.92 Å². The van der Waals surface area contributed by atoms with Gasteiger partial charge in [0.15, 0.2) is 5.78 Å². The van der Waals surface area contributed by atoms with Gasteiger partial charge < -0.3 is 4.18 Å². The van der Waals surface area contributed by atoms with Gasteiger partial charge in [-0.05, 0) is 13.3 Å². The Hall–Kier alpha value is -1.38. The minimum atomic E-state index is -5.83. The third kappa shape index (κ3) is 3.38. The lowest BCUT2D eigenvalue weighted by molar-refractivity contribution is -0.123. The van der Waals surface area contributed by atoms with E-state index >= 15 is 0 Å². The number of allylic oxidation sites excluding steroid dienone is 2. The number of Topliss-reactive ketones (excluding diaryl/α,β-unsaturated/α-hetero) is 2. The van der Waals surface area contributed by atoms with Crippen LogP contribution in [0.2, 0.25) is 0 Å². The van der Waals surface area contributed by atoms with Crippen molar-refractivity contribution in [2.45, 2.75) is 38.6 Å². The molecule has 114 valence electrons. The normalized spacial score (nSPS) is 18.9. The van der Waals surface area contributed by atoms with Crippen molar-refractivity contribution < 1.29 is 35.4 Å². The van der Waals surface area contributed by atoms with Crippen LogP contribution in [0.1, 0.15) is 33.1 Å². The van der Waals surface area contributed by atoms with Gasteiger partial charge in [-0.3, -0.25) is 9.59 Å². The Labute approximate surface area is 113 Å². The molecule has 0 saturated carbocycles. The van der Waals surface area contributed by atoms with Crippen LogP contribution in [0.4, 0.5) is 13.2 Å². The van der Waals surface area contributed by atoms with Gasteiger partial charge in [0.1, 0.15) is 11.5 Å². The Morgan fingerprint density at radius 1 is 1.30 bits per heavy atom. The van der Waals surface area contributed by atoms with E-state index in [1.54, 1.807) is 0 Å². The molecule has 0 aromatic heterocycles. The van der Waals surface area contributed by atoms with E-state index in [4.69, 9.17) is 0 Å². The van der Waals surface area contributed by atoms with Crippen molar-refractivity contribution in [1.29, 1.82) is 0 Å². The Morgan fingerprint density at radius 3 is 2.30 bits per heavy atom. The summed E-state index contributed by atoms with van der Waals surface area (Å²) in [5.41, 5.74) is -5.86. The van der Waals surface area contributed by atoms with Crippen molar-refractivity contribution in [2.75, 3.05) is 0 Å². The highest BCUT2D eigenvalue weighted by Crippen LogP contribution is 2.34. The molecule has 1 aliphatic rings. The summed E-state index contributed by atoms with van der Waals surface area (Å²) in [7, 11) is -5.83. The zero-order valence-electron chi connectivity index (χ0n) is 10.8. The number of hydrogen-bond acceptors (Lipinski definition) is 5. The number of rotatable bonds is 4. The van der Waals surface area contributed by atoms with Crippen LogP contribution in [0.3, 0.4) is 0 Å². The molecule has 1 atom stereocenters. The lowest BCUT2D eigenvalue weighted by Gasteiger charge is -2.22. The van der Waals surface area contributed by atoms with E-state index in [9.17, 15) is 31.2 Å². The third-order valence-corrected chi connectivity index (χ3v) is 3.93. The fourth-order valence-electron chi connectivity index (χ4n) is 1.79. The molecular weight excluding hydrogens is 301 g/mol. The maximum atomic E-state index is 12.3. The van der Waals surface area contributed by atoms with Crippen LogP contribution in [0.15, 0.2) is 11.3 Å². The van der Waals surface area contributed by atoms with Gasteiger partial charge in [0.05, 0.1) is 0 Å². The molecule has 0 N–H and O–H groups in total. The third-order valence-electron chi connectivity index (χ3n) is 2.95. The molecule has 0 aliphatic heterocycles. The van der Waals surface area contributed by atoms with Crippen LogP contribution in [0.5, 0.6) is 0 Å². The summed E-state index contributed by atoms with van der Waals surface area (Å²) in [6.07, 6.45) is 0.0928. The first-order chi connectivity index (χ1) is 8.97. The van der Waals surface area contributed by atoms with Gasteiger partial charge >= 0.3 is 15.6 Å². The molecule has 0 aromatic carbocycles. The highest BCUT2D eigenvalue weighted by atomic mass is 32.2.